The van der Waals surface area contributed by atoms with Gasteiger partial charge in [-0.15, -0.1) is 5.10 Å². The van der Waals surface area contributed by atoms with Crippen LogP contribution in [0.4, 0.5) is 5.69 Å². The number of carbonyl (C=O) groups is 2. The van der Waals surface area contributed by atoms with E-state index in [4.69, 9.17) is 30.6 Å². The van der Waals surface area contributed by atoms with Crippen LogP contribution in [0.2, 0.25) is 5.02 Å². The minimum Gasteiger partial charge on any atom is -0.483 e. The van der Waals surface area contributed by atoms with E-state index in [2.05, 4.69) is 15.5 Å². The molecule has 1 aliphatic rings. The van der Waals surface area contributed by atoms with Crippen molar-refractivity contribution in [2.45, 2.75) is 11.4 Å². The van der Waals surface area contributed by atoms with E-state index in [1.54, 1.807) is 42.6 Å². The second-order valence-corrected chi connectivity index (χ2v) is 13.8. The van der Waals surface area contributed by atoms with E-state index in [0.29, 0.717) is 49.4 Å². The van der Waals surface area contributed by atoms with Gasteiger partial charge >= 0.3 is 0 Å². The third kappa shape index (κ3) is 9.52. The largest absolute Gasteiger partial charge is 0.483 e. The van der Waals surface area contributed by atoms with Crippen molar-refractivity contribution in [3.63, 3.8) is 0 Å². The summed E-state index contributed by atoms with van der Waals surface area (Å²) in [5.74, 6) is 1.31. The van der Waals surface area contributed by atoms with Crippen molar-refractivity contribution in [3.05, 3.63) is 142 Å². The number of anilines is 1. The standard InChI is InChI=1S/C36H28ClN5O7S2/c37-26-11-16-32(48-23-34(43)40-27-12-14-31(15-13-27)51(38,45)46)25(19-26)20-33-35(44)42(22-30-10-5-17-47-30)36(50-33)41-39-21-24-6-4-9-29(18-24)49-28-7-2-1-3-8-28/h1-21H,22-23H2,(H,40,43)(H2,38,45,46)/b33-20-,39-21-,41-36+. The number of halogens is 1. The first kappa shape index (κ1) is 35.2. The van der Waals surface area contributed by atoms with Gasteiger partial charge in [-0.3, -0.25) is 14.5 Å². The summed E-state index contributed by atoms with van der Waals surface area (Å²) in [7, 11) is -3.87. The fraction of sp³-hybridized carbons (Fsp3) is 0.0556. The van der Waals surface area contributed by atoms with Crippen molar-refractivity contribution in [1.82, 2.24) is 4.90 Å². The van der Waals surface area contributed by atoms with Crippen LogP contribution in [0, 0.1) is 0 Å². The number of benzene rings is 4. The lowest BCUT2D eigenvalue weighted by atomic mass is 10.2. The Kier molecular flexibility index (Phi) is 11.0. The first-order chi connectivity index (χ1) is 24.6. The number of hydrogen-bond acceptors (Lipinski definition) is 10. The molecule has 6 rings (SSSR count). The van der Waals surface area contributed by atoms with Gasteiger partial charge in [0.05, 0.1) is 28.8 Å². The van der Waals surface area contributed by atoms with Gasteiger partial charge in [-0.05, 0) is 102 Å². The molecule has 2 heterocycles. The molecule has 0 atom stereocenters. The van der Waals surface area contributed by atoms with Gasteiger partial charge in [-0.2, -0.15) is 5.10 Å². The molecule has 2 amide bonds. The highest BCUT2D eigenvalue weighted by Gasteiger charge is 2.34. The smallest absolute Gasteiger partial charge is 0.267 e. The van der Waals surface area contributed by atoms with Gasteiger partial charge in [0.25, 0.3) is 11.8 Å². The summed E-state index contributed by atoms with van der Waals surface area (Å²) in [6, 6.07) is 30.4. The van der Waals surface area contributed by atoms with Crippen molar-refractivity contribution in [2.75, 3.05) is 11.9 Å². The summed E-state index contributed by atoms with van der Waals surface area (Å²) in [6.07, 6.45) is 4.68. The van der Waals surface area contributed by atoms with Crippen molar-refractivity contribution in [2.24, 2.45) is 15.3 Å². The molecule has 0 spiro atoms. The van der Waals surface area contributed by atoms with Crippen LogP contribution < -0.4 is 19.9 Å². The molecule has 1 saturated heterocycles. The number of nitrogens with zero attached hydrogens (tertiary/aromatic N) is 3. The molecule has 12 nitrogen and oxygen atoms in total. The number of furan rings is 1. The lowest BCUT2D eigenvalue weighted by Crippen LogP contribution is -2.28. The number of ether oxygens (including phenoxy) is 2. The van der Waals surface area contributed by atoms with Gasteiger partial charge < -0.3 is 19.2 Å². The molecular formula is C36H28ClN5O7S2. The Morgan fingerprint density at radius 1 is 0.961 bits per heavy atom. The van der Waals surface area contributed by atoms with Gasteiger partial charge in [-0.1, -0.05) is 41.9 Å². The van der Waals surface area contributed by atoms with Crippen LogP contribution >= 0.6 is 23.4 Å². The van der Waals surface area contributed by atoms with E-state index in [-0.39, 0.29) is 24.0 Å². The number of primary sulfonamides is 1. The number of amidine groups is 1. The molecule has 1 fully saturated rings. The van der Waals surface area contributed by atoms with Gasteiger partial charge in [-0.25, -0.2) is 13.6 Å². The number of rotatable bonds is 12. The second kappa shape index (κ2) is 15.9. The molecule has 1 aromatic heterocycles. The average molecular weight is 742 g/mol. The van der Waals surface area contributed by atoms with E-state index in [9.17, 15) is 18.0 Å². The molecule has 0 aliphatic carbocycles. The molecule has 258 valence electrons. The third-order valence-electron chi connectivity index (χ3n) is 7.05. The van der Waals surface area contributed by atoms with Crippen LogP contribution in [0.1, 0.15) is 16.9 Å². The van der Waals surface area contributed by atoms with Crippen molar-refractivity contribution < 1.29 is 31.9 Å². The van der Waals surface area contributed by atoms with Crippen LogP contribution in [-0.2, 0) is 26.2 Å². The summed E-state index contributed by atoms with van der Waals surface area (Å²) in [6.45, 7) is -0.276. The molecule has 0 radical (unpaired) electrons. The maximum atomic E-state index is 13.7. The zero-order valence-corrected chi connectivity index (χ0v) is 28.9. The molecule has 0 unspecified atom stereocenters. The minimum atomic E-state index is -3.87. The normalized spacial score (nSPS) is 14.8. The Bertz CT molecular complexity index is 2240. The predicted octanol–water partition coefficient (Wildman–Crippen LogP) is 6.90. The molecule has 0 bridgehead atoms. The van der Waals surface area contributed by atoms with Crippen molar-refractivity contribution in [1.29, 1.82) is 0 Å². The quantitative estimate of drug-likeness (QED) is 0.0792. The monoisotopic (exact) mass is 741 g/mol. The molecular weight excluding hydrogens is 714 g/mol. The van der Waals surface area contributed by atoms with Crippen molar-refractivity contribution >= 4 is 68.3 Å². The van der Waals surface area contributed by atoms with Crippen LogP contribution in [-0.4, -0.2) is 43.1 Å². The zero-order valence-electron chi connectivity index (χ0n) is 26.5. The Hall–Kier alpha value is -5.67. The summed E-state index contributed by atoms with van der Waals surface area (Å²) in [5, 5.41) is 17.1. The van der Waals surface area contributed by atoms with Crippen LogP contribution in [0.15, 0.2) is 140 Å². The Labute approximate surface area is 302 Å². The topological polar surface area (TPSA) is 166 Å². The number of amides is 2. The average Bonchev–Trinajstić information content (AvgIpc) is 3.73. The number of para-hydroxylation sites is 1. The second-order valence-electron chi connectivity index (χ2n) is 10.8. The van der Waals surface area contributed by atoms with E-state index >= 15 is 0 Å². The highest BCUT2D eigenvalue weighted by Crippen LogP contribution is 2.36. The number of hydrogen-bond donors (Lipinski definition) is 2. The van der Waals surface area contributed by atoms with Gasteiger partial charge in [0, 0.05) is 16.3 Å². The predicted molar refractivity (Wildman–Crippen MR) is 196 cm³/mol. The maximum Gasteiger partial charge on any atom is 0.267 e. The highest BCUT2D eigenvalue weighted by molar-refractivity contribution is 8.18. The molecule has 0 saturated carbocycles. The number of nitrogens with one attached hydrogen (secondary N) is 1. The Balaban J connectivity index is 1.19. The Morgan fingerprint density at radius 2 is 1.75 bits per heavy atom. The first-order valence-corrected chi connectivity index (χ1v) is 17.9. The minimum absolute atomic E-state index is 0.0860. The molecule has 51 heavy (non-hydrogen) atoms. The Morgan fingerprint density at radius 3 is 2.49 bits per heavy atom. The first-order valence-electron chi connectivity index (χ1n) is 15.1. The van der Waals surface area contributed by atoms with Gasteiger partial charge in [0.2, 0.25) is 10.0 Å². The van der Waals surface area contributed by atoms with Gasteiger partial charge in [0.15, 0.2) is 11.8 Å². The van der Waals surface area contributed by atoms with Gasteiger partial charge in [0.1, 0.15) is 23.0 Å². The van der Waals surface area contributed by atoms with Crippen LogP contribution in [0.25, 0.3) is 6.08 Å². The summed E-state index contributed by atoms with van der Waals surface area (Å²) in [4.78, 5) is 28.0. The van der Waals surface area contributed by atoms with Crippen molar-refractivity contribution in [3.8, 4) is 17.2 Å². The fourth-order valence-corrected chi connectivity index (χ4v) is 6.30. The van der Waals surface area contributed by atoms with E-state index in [1.165, 1.54) is 35.4 Å². The van der Waals surface area contributed by atoms with E-state index in [0.717, 1.165) is 17.3 Å². The maximum absolute atomic E-state index is 13.7. The molecule has 15 heteroatoms. The fourth-order valence-electron chi connectivity index (χ4n) is 4.68. The van der Waals surface area contributed by atoms with Crippen LogP contribution in [0.3, 0.4) is 0 Å². The molecule has 3 N–H and O–H groups in total. The molecule has 5 aromatic rings. The third-order valence-corrected chi connectivity index (χ3v) is 9.21. The summed E-state index contributed by atoms with van der Waals surface area (Å²) in [5.41, 5.74) is 1.53. The number of carbonyl (C=O) groups excluding carboxylic acids is 2. The number of thioether (sulfide) groups is 1. The lowest BCUT2D eigenvalue weighted by Gasteiger charge is -2.13. The lowest BCUT2D eigenvalue weighted by molar-refractivity contribution is -0.122. The summed E-state index contributed by atoms with van der Waals surface area (Å²) >= 11 is 7.41. The summed E-state index contributed by atoms with van der Waals surface area (Å²) < 4.78 is 40.2. The zero-order chi connectivity index (χ0) is 35.8. The van der Waals surface area contributed by atoms with E-state index < -0.39 is 15.9 Å². The molecule has 1 aliphatic heterocycles. The highest BCUT2D eigenvalue weighted by atomic mass is 35.5. The molecule has 4 aromatic carbocycles. The van der Waals surface area contributed by atoms with E-state index in [1.807, 2.05) is 54.6 Å². The number of nitrogens with two attached hydrogens (primary N) is 1. The van der Waals surface area contributed by atoms with Crippen LogP contribution in [0.5, 0.6) is 17.2 Å². The number of sulfonamides is 1. The SMILES string of the molecule is NS(=O)(=O)c1ccc(NC(=O)COc2ccc(Cl)cc2/C=C2\S/C(=N/N=C\c3cccc(Oc4ccccc4)c3)N(Cc3ccco3)C2=O)cc1.